The summed E-state index contributed by atoms with van der Waals surface area (Å²) in [4.78, 5) is 22.0. The van der Waals surface area contributed by atoms with Gasteiger partial charge >= 0.3 is 0 Å². The van der Waals surface area contributed by atoms with Gasteiger partial charge in [0.05, 0.1) is 11.3 Å². The number of piperidine rings is 1. The lowest BCUT2D eigenvalue weighted by molar-refractivity contribution is -0.107. The summed E-state index contributed by atoms with van der Waals surface area (Å²) in [5, 5.41) is 0. The molecular formula is C14H17NO4S. The Morgan fingerprint density at radius 2 is 1.70 bits per heavy atom. The van der Waals surface area contributed by atoms with Gasteiger partial charge < -0.3 is 4.79 Å². The Morgan fingerprint density at radius 3 is 2.25 bits per heavy atom. The molecule has 20 heavy (non-hydrogen) atoms. The maximum Gasteiger partial charge on any atom is 0.243 e. The second-order valence-corrected chi connectivity index (χ2v) is 6.72. The number of hydrogen-bond acceptors (Lipinski definition) is 4. The molecule has 0 N–H and O–H groups in total. The van der Waals surface area contributed by atoms with Crippen LogP contribution < -0.4 is 0 Å². The highest BCUT2D eigenvalue weighted by atomic mass is 32.2. The summed E-state index contributed by atoms with van der Waals surface area (Å²) in [6.45, 7) is 1.10. The van der Waals surface area contributed by atoms with Gasteiger partial charge in [0.2, 0.25) is 10.0 Å². The van der Waals surface area contributed by atoms with E-state index in [1.807, 2.05) is 0 Å². The average Bonchev–Trinajstić information content (AvgIpc) is 2.48. The number of rotatable bonds is 5. The molecule has 0 aromatic heterocycles. The van der Waals surface area contributed by atoms with E-state index in [2.05, 4.69) is 0 Å². The number of sulfonamides is 1. The van der Waals surface area contributed by atoms with Crippen LogP contribution in [0, 0.1) is 0 Å². The van der Waals surface area contributed by atoms with Crippen molar-refractivity contribution < 1.29 is 18.0 Å². The molecule has 1 aliphatic rings. The second kappa shape index (κ2) is 6.28. The number of nitrogens with zero attached hydrogens (tertiary/aromatic N) is 1. The van der Waals surface area contributed by atoms with Gasteiger partial charge in [0.15, 0.2) is 5.78 Å². The van der Waals surface area contributed by atoms with E-state index >= 15 is 0 Å². The van der Waals surface area contributed by atoms with Crippen molar-refractivity contribution in [2.75, 3.05) is 13.1 Å². The molecule has 0 radical (unpaired) electrons. The minimum absolute atomic E-state index is 0.182. The summed E-state index contributed by atoms with van der Waals surface area (Å²) in [5.74, 6) is -0.304. The highest BCUT2D eigenvalue weighted by Gasteiger charge is 2.25. The van der Waals surface area contributed by atoms with Crippen LogP contribution in [-0.4, -0.2) is 37.9 Å². The highest BCUT2D eigenvalue weighted by molar-refractivity contribution is 7.89. The number of Topliss-reactive ketones (excluding diaryl/α,β-unsaturated/α-hetero) is 1. The first-order chi connectivity index (χ1) is 9.55. The van der Waals surface area contributed by atoms with Crippen LogP contribution in [0.3, 0.4) is 0 Å². The zero-order chi connectivity index (χ0) is 14.6. The van der Waals surface area contributed by atoms with Crippen molar-refractivity contribution in [3.8, 4) is 0 Å². The fourth-order valence-electron chi connectivity index (χ4n) is 2.26. The van der Waals surface area contributed by atoms with Crippen LogP contribution in [0.2, 0.25) is 0 Å². The first kappa shape index (κ1) is 14.9. The summed E-state index contributed by atoms with van der Waals surface area (Å²) < 4.78 is 26.2. The van der Waals surface area contributed by atoms with Crippen LogP contribution in [0.15, 0.2) is 29.2 Å². The van der Waals surface area contributed by atoms with Gasteiger partial charge in [-0.1, -0.05) is 18.6 Å². The van der Waals surface area contributed by atoms with Gasteiger partial charge in [0, 0.05) is 18.7 Å². The third kappa shape index (κ3) is 3.13. The summed E-state index contributed by atoms with van der Waals surface area (Å²) in [6, 6.07) is 5.79. The minimum atomic E-state index is -3.46. The van der Waals surface area contributed by atoms with E-state index in [4.69, 9.17) is 0 Å². The molecule has 1 aliphatic heterocycles. The van der Waals surface area contributed by atoms with Gasteiger partial charge in [0.25, 0.3) is 0 Å². The lowest BCUT2D eigenvalue weighted by Gasteiger charge is -2.25. The number of carbonyl (C=O) groups is 2. The molecule has 1 heterocycles. The van der Waals surface area contributed by atoms with Crippen LogP contribution in [0.1, 0.15) is 36.0 Å². The Hall–Kier alpha value is -1.53. The molecule has 6 heteroatoms. The molecule has 5 nitrogen and oxygen atoms in total. The molecule has 108 valence electrons. The Balaban J connectivity index is 2.20. The molecule has 0 spiro atoms. The number of aldehydes is 1. The van der Waals surface area contributed by atoms with Crippen LogP contribution in [-0.2, 0) is 14.8 Å². The predicted molar refractivity (Wildman–Crippen MR) is 74.1 cm³/mol. The summed E-state index contributed by atoms with van der Waals surface area (Å²) in [5.41, 5.74) is 0.356. The Morgan fingerprint density at radius 1 is 1.10 bits per heavy atom. The number of carbonyl (C=O) groups excluding carboxylic acids is 2. The Kier molecular flexibility index (Phi) is 4.67. The van der Waals surface area contributed by atoms with E-state index in [1.54, 1.807) is 0 Å². The number of benzene rings is 1. The van der Waals surface area contributed by atoms with E-state index in [0.29, 0.717) is 24.9 Å². The van der Waals surface area contributed by atoms with Crippen LogP contribution in [0.5, 0.6) is 0 Å². The monoisotopic (exact) mass is 295 g/mol. The maximum absolute atomic E-state index is 12.4. The van der Waals surface area contributed by atoms with E-state index in [9.17, 15) is 18.0 Å². The van der Waals surface area contributed by atoms with Crippen molar-refractivity contribution in [1.82, 2.24) is 4.31 Å². The minimum Gasteiger partial charge on any atom is -0.303 e. The fraction of sp³-hybridized carbons (Fsp3) is 0.429. The smallest absolute Gasteiger partial charge is 0.243 e. The van der Waals surface area contributed by atoms with Crippen molar-refractivity contribution in [2.45, 2.75) is 30.6 Å². The van der Waals surface area contributed by atoms with Crippen LogP contribution >= 0.6 is 0 Å². The van der Waals surface area contributed by atoms with E-state index in [0.717, 1.165) is 19.3 Å². The average molecular weight is 295 g/mol. The van der Waals surface area contributed by atoms with Gasteiger partial charge in [-0.15, -0.1) is 0 Å². The summed E-state index contributed by atoms with van der Waals surface area (Å²) >= 11 is 0. The molecule has 2 rings (SSSR count). The van der Waals surface area contributed by atoms with Crippen molar-refractivity contribution >= 4 is 22.1 Å². The van der Waals surface area contributed by atoms with Crippen molar-refractivity contribution in [3.63, 3.8) is 0 Å². The second-order valence-electron chi connectivity index (χ2n) is 4.78. The largest absolute Gasteiger partial charge is 0.303 e. The molecule has 1 saturated heterocycles. The zero-order valence-electron chi connectivity index (χ0n) is 11.1. The van der Waals surface area contributed by atoms with Gasteiger partial charge in [-0.05, 0) is 25.0 Å². The van der Waals surface area contributed by atoms with Crippen LogP contribution in [0.4, 0.5) is 0 Å². The van der Waals surface area contributed by atoms with E-state index < -0.39 is 10.0 Å². The van der Waals surface area contributed by atoms with E-state index in [-0.39, 0.29) is 17.1 Å². The first-order valence-corrected chi connectivity index (χ1v) is 8.07. The topological polar surface area (TPSA) is 71.5 Å². The van der Waals surface area contributed by atoms with Gasteiger partial charge in [-0.2, -0.15) is 4.31 Å². The predicted octanol–water partition coefficient (Wildman–Crippen LogP) is 1.63. The molecule has 0 amide bonds. The summed E-state index contributed by atoms with van der Waals surface area (Å²) in [6.07, 6.45) is 3.19. The Labute approximate surface area is 118 Å². The number of ketones is 1. The summed E-state index contributed by atoms with van der Waals surface area (Å²) in [7, 11) is -3.46. The standard InChI is InChI=1S/C14H17NO4S/c16-11-8-14(17)12-4-6-13(7-5-12)20(18,19)15-9-2-1-3-10-15/h4-7,11H,1-3,8-10H2. The van der Waals surface area contributed by atoms with Gasteiger partial charge in [0.1, 0.15) is 6.29 Å². The lowest BCUT2D eigenvalue weighted by Crippen LogP contribution is -2.35. The SMILES string of the molecule is O=CCC(=O)c1ccc(S(=O)(=O)N2CCCCC2)cc1. The molecule has 0 unspecified atom stereocenters. The molecule has 0 atom stereocenters. The van der Waals surface area contributed by atoms with Crippen molar-refractivity contribution in [1.29, 1.82) is 0 Å². The highest BCUT2D eigenvalue weighted by Crippen LogP contribution is 2.21. The van der Waals surface area contributed by atoms with Gasteiger partial charge in [-0.3, -0.25) is 4.79 Å². The van der Waals surface area contributed by atoms with Crippen molar-refractivity contribution in [3.05, 3.63) is 29.8 Å². The molecule has 1 aromatic rings. The third-order valence-electron chi connectivity index (χ3n) is 3.40. The quantitative estimate of drug-likeness (QED) is 0.470. The molecule has 1 aromatic carbocycles. The normalized spacial score (nSPS) is 16.8. The Bertz CT molecular complexity index is 586. The molecule has 0 bridgehead atoms. The fourth-order valence-corrected chi connectivity index (χ4v) is 3.78. The zero-order valence-corrected chi connectivity index (χ0v) is 11.9. The molecule has 1 fully saturated rings. The maximum atomic E-state index is 12.4. The van der Waals surface area contributed by atoms with Crippen molar-refractivity contribution in [2.24, 2.45) is 0 Å². The van der Waals surface area contributed by atoms with E-state index in [1.165, 1.54) is 28.6 Å². The first-order valence-electron chi connectivity index (χ1n) is 6.63. The molecular weight excluding hydrogens is 278 g/mol. The molecule has 0 aliphatic carbocycles. The van der Waals surface area contributed by atoms with Crippen LogP contribution in [0.25, 0.3) is 0 Å². The number of hydrogen-bond donors (Lipinski definition) is 0. The lowest BCUT2D eigenvalue weighted by atomic mass is 10.1. The molecule has 0 saturated carbocycles. The third-order valence-corrected chi connectivity index (χ3v) is 5.31. The van der Waals surface area contributed by atoms with Gasteiger partial charge in [-0.25, -0.2) is 8.42 Å².